The first-order valence-electron chi connectivity index (χ1n) is 12.4. The van der Waals surface area contributed by atoms with E-state index in [0.717, 1.165) is 38.0 Å². The minimum atomic E-state index is -2.51. The van der Waals surface area contributed by atoms with Crippen LogP contribution in [0.3, 0.4) is 0 Å². The molecule has 0 bridgehead atoms. The van der Waals surface area contributed by atoms with Crippen molar-refractivity contribution in [3.8, 4) is 5.75 Å². The van der Waals surface area contributed by atoms with Gasteiger partial charge in [-0.05, 0) is 75.0 Å². The third kappa shape index (κ3) is 3.33. The third-order valence-corrected chi connectivity index (χ3v) is 8.42. The minimum absolute atomic E-state index is 0.0290. The SMILES string of the molecule is CN(C)C1C(O)=C(C(N)=O)C(=O)[C@@]2(N=O)C(O)=C3C(=O)c4c(O)ccc(N5CCCCC5)c4C[C@H]3C[C@@H]12. The predicted octanol–water partition coefficient (Wildman–Crippen LogP) is 1.89. The van der Waals surface area contributed by atoms with Crippen LogP contribution < -0.4 is 10.6 Å². The Kier molecular flexibility index (Phi) is 5.86. The number of carbonyl (C=O) groups excluding carboxylic acids is 3. The van der Waals surface area contributed by atoms with Crippen LogP contribution in [0.2, 0.25) is 0 Å². The van der Waals surface area contributed by atoms with Crippen molar-refractivity contribution >= 4 is 23.2 Å². The molecule has 1 aliphatic heterocycles. The quantitative estimate of drug-likeness (QED) is 0.348. The van der Waals surface area contributed by atoms with Gasteiger partial charge in [0.05, 0.1) is 11.6 Å². The molecule has 0 saturated carbocycles. The number of aromatic hydroxyl groups is 1. The van der Waals surface area contributed by atoms with E-state index in [1.54, 1.807) is 20.2 Å². The molecule has 1 aromatic rings. The molecule has 1 heterocycles. The molecule has 1 saturated heterocycles. The Bertz CT molecular complexity index is 1290. The fourth-order valence-corrected chi connectivity index (χ4v) is 6.82. The number of allylic oxidation sites excluding steroid dienone is 1. The Morgan fingerprint density at radius 2 is 1.81 bits per heavy atom. The van der Waals surface area contributed by atoms with E-state index in [-0.39, 0.29) is 29.7 Å². The van der Waals surface area contributed by atoms with Gasteiger partial charge in [-0.1, -0.05) is 0 Å². The molecule has 5 rings (SSSR count). The molecule has 4 aliphatic rings. The number of nitroso groups, excluding NO2 is 1. The molecule has 11 heteroatoms. The number of primary amides is 1. The molecule has 0 radical (unpaired) electrons. The average molecular weight is 511 g/mol. The number of rotatable bonds is 4. The summed E-state index contributed by atoms with van der Waals surface area (Å²) in [5, 5.41) is 36.1. The monoisotopic (exact) mass is 510 g/mol. The maximum Gasteiger partial charge on any atom is 0.255 e. The van der Waals surface area contributed by atoms with Gasteiger partial charge in [-0.15, -0.1) is 4.91 Å². The number of ketones is 2. The summed E-state index contributed by atoms with van der Waals surface area (Å²) in [5.74, 6) is -6.54. The molecule has 37 heavy (non-hydrogen) atoms. The number of anilines is 1. The average Bonchev–Trinajstić information content (AvgIpc) is 2.84. The second kappa shape index (κ2) is 8.69. The van der Waals surface area contributed by atoms with Crippen molar-refractivity contribution in [2.24, 2.45) is 22.7 Å². The van der Waals surface area contributed by atoms with Gasteiger partial charge in [-0.25, -0.2) is 0 Å². The van der Waals surface area contributed by atoms with E-state index >= 15 is 0 Å². The van der Waals surface area contributed by atoms with E-state index in [2.05, 4.69) is 10.1 Å². The van der Waals surface area contributed by atoms with E-state index in [1.807, 2.05) is 0 Å². The highest BCUT2D eigenvalue weighted by molar-refractivity contribution is 6.25. The molecule has 1 fully saturated rings. The zero-order chi connectivity index (χ0) is 26.8. The highest BCUT2D eigenvalue weighted by atomic mass is 16.3. The fraction of sp³-hybridized carbons (Fsp3) is 0.500. The van der Waals surface area contributed by atoms with E-state index in [9.17, 15) is 34.6 Å². The first-order chi connectivity index (χ1) is 17.6. The first-order valence-corrected chi connectivity index (χ1v) is 12.4. The second-order valence-electron chi connectivity index (χ2n) is 10.6. The largest absolute Gasteiger partial charge is 0.510 e. The Morgan fingerprint density at radius 3 is 2.41 bits per heavy atom. The Hall–Kier alpha value is -3.73. The molecular weight excluding hydrogens is 480 g/mol. The number of hydrogen-bond donors (Lipinski definition) is 4. The maximum atomic E-state index is 13.8. The smallest absolute Gasteiger partial charge is 0.255 e. The number of benzene rings is 1. The molecule has 1 amide bonds. The standard InChI is InChI=1S/C26H30N4O7/c1-29(2)20-14-11-12-10-13-15(30-8-4-3-5-9-30)6-7-16(31)18(13)21(32)17(12)23(34)26(14,28-37)24(35)19(22(20)33)25(27)36/h6-7,12,14,20,31,33-34H,3-5,8-11H2,1-2H3,(H2,27,36)/t12-,14-,20?,26-/m0/s1. The molecule has 4 atom stereocenters. The summed E-state index contributed by atoms with van der Waals surface area (Å²) in [6.45, 7) is 1.63. The lowest BCUT2D eigenvalue weighted by molar-refractivity contribution is -0.129. The van der Waals surface area contributed by atoms with Gasteiger partial charge in [0.1, 0.15) is 22.8 Å². The molecular formula is C26H30N4O7. The highest BCUT2D eigenvalue weighted by Gasteiger charge is 2.65. The number of aliphatic hydroxyl groups is 2. The topological polar surface area (TPSA) is 174 Å². The number of hydrogen-bond acceptors (Lipinski definition) is 10. The van der Waals surface area contributed by atoms with E-state index in [4.69, 9.17) is 5.73 Å². The summed E-state index contributed by atoms with van der Waals surface area (Å²) in [6, 6.07) is 2.20. The van der Waals surface area contributed by atoms with Crippen LogP contribution in [0.5, 0.6) is 5.75 Å². The van der Waals surface area contributed by atoms with Crippen molar-refractivity contribution in [3.05, 3.63) is 50.8 Å². The number of fused-ring (bicyclic) bond motifs is 3. The number of phenols is 1. The van der Waals surface area contributed by atoms with Crippen LogP contribution in [0.1, 0.15) is 41.6 Å². The summed E-state index contributed by atoms with van der Waals surface area (Å²) in [5.41, 5.74) is 3.40. The van der Waals surface area contributed by atoms with Crippen LogP contribution in [0.25, 0.3) is 0 Å². The number of piperidine rings is 1. The molecule has 196 valence electrons. The van der Waals surface area contributed by atoms with Crippen LogP contribution in [0.15, 0.2) is 40.0 Å². The lowest BCUT2D eigenvalue weighted by atomic mass is 9.57. The number of phenolic OH excluding ortho intramolecular Hbond substituents is 1. The van der Waals surface area contributed by atoms with E-state index in [0.29, 0.717) is 5.56 Å². The van der Waals surface area contributed by atoms with Crippen molar-refractivity contribution in [3.63, 3.8) is 0 Å². The summed E-state index contributed by atoms with van der Waals surface area (Å²) in [4.78, 5) is 55.6. The molecule has 1 aromatic carbocycles. The third-order valence-electron chi connectivity index (χ3n) is 8.42. The maximum absolute atomic E-state index is 13.8. The summed E-state index contributed by atoms with van der Waals surface area (Å²) < 4.78 is 0. The molecule has 11 nitrogen and oxygen atoms in total. The molecule has 1 unspecified atom stereocenters. The van der Waals surface area contributed by atoms with Crippen molar-refractivity contribution in [1.29, 1.82) is 0 Å². The number of aliphatic hydroxyl groups excluding tert-OH is 2. The summed E-state index contributed by atoms with van der Waals surface area (Å²) in [6.07, 6.45) is 3.46. The Morgan fingerprint density at radius 1 is 1.14 bits per heavy atom. The van der Waals surface area contributed by atoms with Gasteiger partial charge in [0.2, 0.25) is 11.3 Å². The molecule has 3 aliphatic carbocycles. The molecule has 5 N–H and O–H groups in total. The van der Waals surface area contributed by atoms with Crippen molar-refractivity contribution in [2.45, 2.75) is 43.7 Å². The highest BCUT2D eigenvalue weighted by Crippen LogP contribution is 2.54. The van der Waals surface area contributed by atoms with E-state index in [1.165, 1.54) is 11.0 Å². The number of likely N-dealkylation sites (N-methyl/N-ethyl adjacent to an activating group) is 1. The van der Waals surface area contributed by atoms with Gasteiger partial charge in [0.25, 0.3) is 5.91 Å². The fourth-order valence-electron chi connectivity index (χ4n) is 6.82. The van der Waals surface area contributed by atoms with Gasteiger partial charge in [0.15, 0.2) is 5.78 Å². The van der Waals surface area contributed by atoms with Crippen LogP contribution in [-0.2, 0) is 16.0 Å². The second-order valence-corrected chi connectivity index (χ2v) is 10.6. The van der Waals surface area contributed by atoms with Crippen LogP contribution in [-0.4, -0.2) is 76.5 Å². The molecule has 0 spiro atoms. The lowest BCUT2D eigenvalue weighted by Crippen LogP contribution is -2.62. The zero-order valence-corrected chi connectivity index (χ0v) is 20.7. The van der Waals surface area contributed by atoms with Crippen molar-refractivity contribution in [1.82, 2.24) is 4.90 Å². The summed E-state index contributed by atoms with van der Waals surface area (Å²) >= 11 is 0. The van der Waals surface area contributed by atoms with Gasteiger partial charge < -0.3 is 26.0 Å². The van der Waals surface area contributed by atoms with Gasteiger partial charge in [-0.3, -0.25) is 19.3 Å². The van der Waals surface area contributed by atoms with Crippen LogP contribution in [0, 0.1) is 16.7 Å². The summed E-state index contributed by atoms with van der Waals surface area (Å²) in [7, 11) is 3.18. The molecule has 0 aromatic heterocycles. The number of carbonyl (C=O) groups is 3. The van der Waals surface area contributed by atoms with Gasteiger partial charge >= 0.3 is 0 Å². The van der Waals surface area contributed by atoms with Gasteiger partial charge in [0, 0.05) is 30.3 Å². The minimum Gasteiger partial charge on any atom is -0.510 e. The Labute approximate surface area is 213 Å². The number of nitrogens with two attached hydrogens (primary N) is 1. The lowest BCUT2D eigenvalue weighted by Gasteiger charge is -2.49. The van der Waals surface area contributed by atoms with E-state index < -0.39 is 58.0 Å². The Balaban J connectivity index is 1.72. The number of Topliss-reactive ketones (excluding diaryl/α,β-unsaturated/α-hetero) is 2. The number of amides is 1. The van der Waals surface area contributed by atoms with Crippen molar-refractivity contribution in [2.75, 3.05) is 32.1 Å². The first kappa shape index (κ1) is 24.9. The zero-order valence-electron chi connectivity index (χ0n) is 20.7. The van der Waals surface area contributed by atoms with Crippen LogP contribution in [0.4, 0.5) is 5.69 Å². The van der Waals surface area contributed by atoms with Crippen LogP contribution >= 0.6 is 0 Å². The normalized spacial score (nSPS) is 29.7. The van der Waals surface area contributed by atoms with Gasteiger partial charge in [-0.2, -0.15) is 0 Å². The number of nitrogens with zero attached hydrogens (tertiary/aromatic N) is 3. The van der Waals surface area contributed by atoms with Crippen molar-refractivity contribution < 1.29 is 29.7 Å². The predicted molar refractivity (Wildman–Crippen MR) is 133 cm³/mol.